The minimum atomic E-state index is 0.190. The van der Waals surface area contributed by atoms with Crippen molar-refractivity contribution in [3.8, 4) is 5.75 Å². The Labute approximate surface area is 148 Å². The van der Waals surface area contributed by atoms with Crippen LogP contribution < -0.4 is 15.4 Å². The van der Waals surface area contributed by atoms with E-state index in [1.54, 1.807) is 18.4 Å². The summed E-state index contributed by atoms with van der Waals surface area (Å²) in [4.78, 5) is 10.0. The van der Waals surface area contributed by atoms with E-state index in [1.807, 2.05) is 32.9 Å². The van der Waals surface area contributed by atoms with Gasteiger partial charge in [-0.2, -0.15) is 0 Å². The lowest BCUT2D eigenvalue weighted by atomic mass is 10.2. The van der Waals surface area contributed by atoms with Gasteiger partial charge in [-0.3, -0.25) is 4.99 Å². The van der Waals surface area contributed by atoms with Crippen LogP contribution in [0.15, 0.2) is 29.3 Å². The lowest BCUT2D eigenvalue weighted by Gasteiger charge is -2.12. The molecule has 0 fully saturated rings. The number of aryl methyl sites for hydroxylation is 2. The molecule has 1 heterocycles. The molecule has 24 heavy (non-hydrogen) atoms. The zero-order valence-corrected chi connectivity index (χ0v) is 15.8. The molecule has 5 nitrogen and oxygen atoms in total. The van der Waals surface area contributed by atoms with Crippen molar-refractivity contribution in [2.75, 3.05) is 7.05 Å². The zero-order chi connectivity index (χ0) is 17.5. The normalized spacial score (nSPS) is 11.7. The molecular formula is C18H26N4OS. The van der Waals surface area contributed by atoms with Gasteiger partial charge in [-0.05, 0) is 45.4 Å². The number of hydrogen-bond donors (Lipinski definition) is 2. The van der Waals surface area contributed by atoms with E-state index in [0.717, 1.165) is 22.4 Å². The molecule has 0 aliphatic heterocycles. The summed E-state index contributed by atoms with van der Waals surface area (Å²) in [7, 11) is 1.77. The number of aliphatic imine (C=N–C) groups is 1. The number of ether oxygens (including phenoxy) is 1. The van der Waals surface area contributed by atoms with E-state index in [-0.39, 0.29) is 6.10 Å². The molecular weight excluding hydrogens is 320 g/mol. The number of hydrogen-bond acceptors (Lipinski definition) is 4. The molecule has 0 unspecified atom stereocenters. The summed E-state index contributed by atoms with van der Waals surface area (Å²) in [5, 5.41) is 7.68. The van der Waals surface area contributed by atoms with Gasteiger partial charge in [0.05, 0.1) is 18.3 Å². The largest absolute Gasteiger partial charge is 0.491 e. The van der Waals surface area contributed by atoms with Gasteiger partial charge in [0.2, 0.25) is 0 Å². The summed E-state index contributed by atoms with van der Waals surface area (Å²) in [5.74, 6) is 1.66. The van der Waals surface area contributed by atoms with E-state index >= 15 is 0 Å². The predicted molar refractivity (Wildman–Crippen MR) is 101 cm³/mol. The second kappa shape index (κ2) is 8.68. The van der Waals surface area contributed by atoms with E-state index in [9.17, 15) is 0 Å². The van der Waals surface area contributed by atoms with Gasteiger partial charge >= 0.3 is 0 Å². The van der Waals surface area contributed by atoms with Crippen LogP contribution in [0.1, 0.15) is 35.0 Å². The van der Waals surface area contributed by atoms with Crippen molar-refractivity contribution in [3.63, 3.8) is 0 Å². The SMILES string of the molecule is CN=C(NCc1ccc(OC(C)C)cc1)NCc1nc(C)c(C)s1. The average molecular weight is 347 g/mol. The molecule has 2 aromatic rings. The lowest BCUT2D eigenvalue weighted by Crippen LogP contribution is -2.36. The van der Waals surface area contributed by atoms with Crippen molar-refractivity contribution in [2.45, 2.75) is 46.9 Å². The van der Waals surface area contributed by atoms with Crippen molar-refractivity contribution in [1.82, 2.24) is 15.6 Å². The molecule has 2 N–H and O–H groups in total. The molecule has 1 aromatic heterocycles. The van der Waals surface area contributed by atoms with Crippen molar-refractivity contribution in [1.29, 1.82) is 0 Å². The first-order valence-corrected chi connectivity index (χ1v) is 8.92. The number of guanidine groups is 1. The van der Waals surface area contributed by atoms with Gasteiger partial charge in [-0.25, -0.2) is 4.98 Å². The van der Waals surface area contributed by atoms with Crippen molar-refractivity contribution >= 4 is 17.3 Å². The Morgan fingerprint density at radius 3 is 2.38 bits per heavy atom. The number of benzene rings is 1. The van der Waals surface area contributed by atoms with Gasteiger partial charge in [-0.15, -0.1) is 11.3 Å². The average Bonchev–Trinajstić information content (AvgIpc) is 2.87. The number of thiazole rings is 1. The lowest BCUT2D eigenvalue weighted by molar-refractivity contribution is 0.242. The van der Waals surface area contributed by atoms with Crippen LogP contribution in [0.3, 0.4) is 0 Å². The van der Waals surface area contributed by atoms with Crippen LogP contribution >= 0.6 is 11.3 Å². The van der Waals surface area contributed by atoms with E-state index in [0.29, 0.717) is 13.1 Å². The number of rotatable bonds is 6. The second-order valence-electron chi connectivity index (χ2n) is 5.84. The summed E-state index contributed by atoms with van der Waals surface area (Å²) in [6.45, 7) is 9.57. The Morgan fingerprint density at radius 2 is 1.83 bits per heavy atom. The first-order chi connectivity index (χ1) is 11.5. The molecule has 0 spiro atoms. The predicted octanol–water partition coefficient (Wildman–Crippen LogP) is 3.41. The highest BCUT2D eigenvalue weighted by atomic mass is 32.1. The molecule has 0 atom stereocenters. The van der Waals surface area contributed by atoms with Crippen LogP contribution in [0.25, 0.3) is 0 Å². The highest BCUT2D eigenvalue weighted by Crippen LogP contribution is 2.16. The highest BCUT2D eigenvalue weighted by molar-refractivity contribution is 7.11. The Kier molecular flexibility index (Phi) is 6.61. The molecule has 0 amide bonds. The van der Waals surface area contributed by atoms with Crippen LogP contribution in [-0.4, -0.2) is 24.1 Å². The highest BCUT2D eigenvalue weighted by Gasteiger charge is 2.05. The van der Waals surface area contributed by atoms with Crippen LogP contribution in [-0.2, 0) is 13.1 Å². The Hall–Kier alpha value is -2.08. The summed E-state index contributed by atoms with van der Waals surface area (Å²) in [6, 6.07) is 8.11. The second-order valence-corrected chi connectivity index (χ2v) is 7.13. The molecule has 0 saturated carbocycles. The molecule has 0 aliphatic carbocycles. The topological polar surface area (TPSA) is 58.5 Å². The fourth-order valence-corrected chi connectivity index (χ4v) is 3.01. The Bertz CT molecular complexity index is 657. The third kappa shape index (κ3) is 5.53. The van der Waals surface area contributed by atoms with Crippen LogP contribution in [0.2, 0.25) is 0 Å². The molecule has 0 aliphatic rings. The van der Waals surface area contributed by atoms with Gasteiger partial charge in [0.15, 0.2) is 5.96 Å². The van der Waals surface area contributed by atoms with E-state index in [1.165, 1.54) is 10.4 Å². The molecule has 130 valence electrons. The maximum Gasteiger partial charge on any atom is 0.191 e. The van der Waals surface area contributed by atoms with E-state index in [4.69, 9.17) is 4.74 Å². The monoisotopic (exact) mass is 346 g/mol. The van der Waals surface area contributed by atoms with Gasteiger partial charge in [0.25, 0.3) is 0 Å². The molecule has 1 aromatic carbocycles. The first kappa shape index (κ1) is 18.3. The van der Waals surface area contributed by atoms with Crippen LogP contribution in [0.4, 0.5) is 0 Å². The summed E-state index contributed by atoms with van der Waals surface area (Å²) in [6.07, 6.45) is 0.190. The molecule has 2 rings (SSSR count). The van der Waals surface area contributed by atoms with E-state index in [2.05, 4.69) is 39.7 Å². The van der Waals surface area contributed by atoms with Gasteiger partial charge < -0.3 is 15.4 Å². The smallest absolute Gasteiger partial charge is 0.191 e. The zero-order valence-electron chi connectivity index (χ0n) is 15.0. The molecule has 0 bridgehead atoms. The fourth-order valence-electron chi connectivity index (χ4n) is 2.14. The standard InChI is InChI=1S/C18H26N4OS/c1-12(2)23-16-8-6-15(7-9-16)10-20-18(19-5)21-11-17-22-13(3)14(4)24-17/h6-9,12H,10-11H2,1-5H3,(H2,19,20,21). The Morgan fingerprint density at radius 1 is 1.17 bits per heavy atom. The number of nitrogens with one attached hydrogen (secondary N) is 2. The fraction of sp³-hybridized carbons (Fsp3) is 0.444. The van der Waals surface area contributed by atoms with Crippen molar-refractivity contribution < 1.29 is 4.74 Å². The third-order valence-corrected chi connectivity index (χ3v) is 4.53. The van der Waals surface area contributed by atoms with Crippen molar-refractivity contribution in [3.05, 3.63) is 45.4 Å². The van der Waals surface area contributed by atoms with Gasteiger partial charge in [0.1, 0.15) is 10.8 Å². The van der Waals surface area contributed by atoms with Crippen LogP contribution in [0.5, 0.6) is 5.75 Å². The van der Waals surface area contributed by atoms with E-state index < -0.39 is 0 Å². The van der Waals surface area contributed by atoms with Gasteiger partial charge in [0, 0.05) is 18.5 Å². The molecule has 0 radical (unpaired) electrons. The maximum absolute atomic E-state index is 5.65. The first-order valence-electron chi connectivity index (χ1n) is 8.11. The molecule has 6 heteroatoms. The molecule has 0 saturated heterocycles. The quantitative estimate of drug-likeness (QED) is 0.622. The summed E-state index contributed by atoms with van der Waals surface area (Å²) < 4.78 is 5.65. The van der Waals surface area contributed by atoms with Crippen LogP contribution in [0, 0.1) is 13.8 Å². The minimum absolute atomic E-state index is 0.190. The van der Waals surface area contributed by atoms with Gasteiger partial charge in [-0.1, -0.05) is 12.1 Å². The third-order valence-electron chi connectivity index (χ3n) is 3.46. The maximum atomic E-state index is 5.65. The number of aromatic nitrogens is 1. The Balaban J connectivity index is 1.82. The summed E-state index contributed by atoms with van der Waals surface area (Å²) >= 11 is 1.72. The minimum Gasteiger partial charge on any atom is -0.491 e. The van der Waals surface area contributed by atoms with Crippen molar-refractivity contribution in [2.24, 2.45) is 4.99 Å². The number of nitrogens with zero attached hydrogens (tertiary/aromatic N) is 2. The summed E-state index contributed by atoms with van der Waals surface area (Å²) in [5.41, 5.74) is 2.28.